The van der Waals surface area contributed by atoms with Crippen molar-refractivity contribution in [3.8, 4) is 0 Å². The SMILES string of the molecule is CCCCCCCCN1/C(=C/C2=C([O-])C(=C/C3=[N+](C)c4ccc(C(=O)O)cc4C3(C)C)/C2=O)C(C)(C)c2cc(C(=O)O)ccc21. The van der Waals surface area contributed by atoms with Gasteiger partial charge in [-0.15, -0.1) is 0 Å². The van der Waals surface area contributed by atoms with Crippen LogP contribution in [-0.2, 0) is 15.6 Å². The zero-order valence-corrected chi connectivity index (χ0v) is 27.0. The van der Waals surface area contributed by atoms with Gasteiger partial charge in [-0.1, -0.05) is 58.6 Å². The van der Waals surface area contributed by atoms with Crippen LogP contribution in [0.4, 0.5) is 11.4 Å². The number of ketones is 1. The highest BCUT2D eigenvalue weighted by atomic mass is 16.4. The van der Waals surface area contributed by atoms with E-state index >= 15 is 0 Å². The molecule has 2 aliphatic heterocycles. The third-order valence-corrected chi connectivity index (χ3v) is 9.69. The maximum absolute atomic E-state index is 13.6. The van der Waals surface area contributed by atoms with E-state index in [9.17, 15) is 29.7 Å². The molecule has 8 heteroatoms. The molecule has 2 aromatic carbocycles. The van der Waals surface area contributed by atoms with Crippen LogP contribution in [0.5, 0.6) is 0 Å². The molecule has 8 nitrogen and oxygen atoms in total. The van der Waals surface area contributed by atoms with E-state index in [0.29, 0.717) is 6.54 Å². The lowest BCUT2D eigenvalue weighted by Crippen LogP contribution is -2.35. The molecule has 0 atom stereocenters. The van der Waals surface area contributed by atoms with E-state index in [1.54, 1.807) is 42.5 Å². The topological polar surface area (TPSA) is 121 Å². The number of anilines is 1. The minimum atomic E-state index is -1.01. The minimum absolute atomic E-state index is 0.104. The fourth-order valence-corrected chi connectivity index (χ4v) is 6.96. The number of allylic oxidation sites excluding steroid dienone is 5. The van der Waals surface area contributed by atoms with Gasteiger partial charge in [0.05, 0.1) is 16.5 Å². The van der Waals surface area contributed by atoms with Gasteiger partial charge in [-0.2, -0.15) is 4.58 Å². The molecule has 0 aromatic heterocycles. The first-order chi connectivity index (χ1) is 21.2. The van der Waals surface area contributed by atoms with Gasteiger partial charge in [0.2, 0.25) is 5.69 Å². The summed E-state index contributed by atoms with van der Waals surface area (Å²) in [6.45, 7) is 10.8. The maximum atomic E-state index is 13.6. The summed E-state index contributed by atoms with van der Waals surface area (Å²) in [5, 5.41) is 32.8. The lowest BCUT2D eigenvalue weighted by atomic mass is 9.77. The number of nitrogens with zero attached hydrogens (tertiary/aromatic N) is 2. The van der Waals surface area contributed by atoms with Gasteiger partial charge in [-0.25, -0.2) is 9.59 Å². The molecule has 2 N–H and O–H groups in total. The zero-order valence-electron chi connectivity index (χ0n) is 27.0. The largest absolute Gasteiger partial charge is 0.871 e. The van der Waals surface area contributed by atoms with Crippen molar-refractivity contribution < 1.29 is 34.3 Å². The standard InChI is InChI=1S/C37H42N2O6/c1-7-8-9-10-11-12-17-39-29-16-14-23(35(44)45)19-27(29)37(4,5)31(39)21-25-32(40)24(33(25)41)20-30-36(2,3)26-18-22(34(42)43)13-15-28(26)38(30)6/h13-16,18-21H,7-12,17H2,1-6H3,(H2-,40,41,42,43,44,45). The predicted molar refractivity (Wildman–Crippen MR) is 173 cm³/mol. The van der Waals surface area contributed by atoms with Crippen molar-refractivity contribution in [3.05, 3.63) is 93.4 Å². The molecule has 0 saturated heterocycles. The zero-order chi connectivity index (χ0) is 32.8. The summed E-state index contributed by atoms with van der Waals surface area (Å²) in [4.78, 5) is 39.2. The lowest BCUT2D eigenvalue weighted by Gasteiger charge is -2.33. The fraction of sp³-hybridized carbons (Fsp3) is 0.405. The highest BCUT2D eigenvalue weighted by molar-refractivity contribution is 6.24. The molecule has 3 aliphatic rings. The summed E-state index contributed by atoms with van der Waals surface area (Å²) < 4.78 is 1.91. The maximum Gasteiger partial charge on any atom is 0.335 e. The Morgan fingerprint density at radius 1 is 0.867 bits per heavy atom. The van der Waals surface area contributed by atoms with E-state index < -0.39 is 22.8 Å². The number of carbonyl (C=O) groups excluding carboxylic acids is 1. The van der Waals surface area contributed by atoms with E-state index in [0.717, 1.165) is 53.2 Å². The van der Waals surface area contributed by atoms with E-state index in [2.05, 4.69) is 11.8 Å². The molecule has 1 aliphatic carbocycles. The molecule has 236 valence electrons. The fourth-order valence-electron chi connectivity index (χ4n) is 6.96. The average molecular weight is 611 g/mol. The van der Waals surface area contributed by atoms with Crippen LogP contribution >= 0.6 is 0 Å². The van der Waals surface area contributed by atoms with Gasteiger partial charge in [-0.3, -0.25) is 4.79 Å². The number of hydrogen-bond acceptors (Lipinski definition) is 5. The number of benzene rings is 2. The van der Waals surface area contributed by atoms with E-state index in [-0.39, 0.29) is 33.8 Å². The van der Waals surface area contributed by atoms with Crippen molar-refractivity contribution in [2.75, 3.05) is 18.5 Å². The molecule has 0 spiro atoms. The molecular formula is C37H42N2O6. The van der Waals surface area contributed by atoms with Gasteiger partial charge >= 0.3 is 11.9 Å². The Hall–Kier alpha value is -4.46. The summed E-state index contributed by atoms with van der Waals surface area (Å²) in [5.74, 6) is -2.67. The van der Waals surface area contributed by atoms with Gasteiger partial charge in [-0.05, 0) is 62.2 Å². The van der Waals surface area contributed by atoms with Crippen molar-refractivity contribution in [2.24, 2.45) is 0 Å². The molecule has 2 aromatic rings. The Kier molecular flexibility index (Phi) is 8.38. The van der Waals surface area contributed by atoms with E-state index in [1.165, 1.54) is 19.3 Å². The summed E-state index contributed by atoms with van der Waals surface area (Å²) >= 11 is 0. The Bertz CT molecular complexity index is 1740. The van der Waals surface area contributed by atoms with Crippen LogP contribution < -0.4 is 10.0 Å². The number of unbranched alkanes of at least 4 members (excludes halogenated alkanes) is 5. The molecule has 0 unspecified atom stereocenters. The van der Waals surface area contributed by atoms with Gasteiger partial charge in [0.15, 0.2) is 11.5 Å². The lowest BCUT2D eigenvalue weighted by molar-refractivity contribution is -0.401. The highest BCUT2D eigenvalue weighted by Crippen LogP contribution is 2.49. The quantitative estimate of drug-likeness (QED) is 0.175. The van der Waals surface area contributed by atoms with Gasteiger partial charge in [0.1, 0.15) is 7.05 Å². The molecule has 5 rings (SSSR count). The molecule has 0 amide bonds. The summed E-state index contributed by atoms with van der Waals surface area (Å²) in [7, 11) is 1.85. The van der Waals surface area contributed by atoms with Crippen LogP contribution in [-0.4, -0.2) is 51.8 Å². The number of carboxylic acid groups (broad SMARTS) is 2. The number of aromatic carboxylic acids is 2. The van der Waals surface area contributed by atoms with Gasteiger partial charge in [0, 0.05) is 52.2 Å². The summed E-state index contributed by atoms with van der Waals surface area (Å²) in [6.07, 6.45) is 10.1. The van der Waals surface area contributed by atoms with Gasteiger partial charge in [0.25, 0.3) is 0 Å². The van der Waals surface area contributed by atoms with Crippen molar-refractivity contribution in [2.45, 2.75) is 84.0 Å². The highest BCUT2D eigenvalue weighted by Gasteiger charge is 2.45. The van der Waals surface area contributed by atoms with Crippen molar-refractivity contribution in [1.29, 1.82) is 0 Å². The molecular weight excluding hydrogens is 568 g/mol. The molecule has 0 saturated carbocycles. The molecule has 45 heavy (non-hydrogen) atoms. The van der Waals surface area contributed by atoms with E-state index in [4.69, 9.17) is 0 Å². The average Bonchev–Trinajstić information content (AvgIpc) is 3.32. The van der Waals surface area contributed by atoms with E-state index in [1.807, 2.05) is 45.4 Å². The van der Waals surface area contributed by atoms with Crippen LogP contribution in [0.1, 0.15) is 105 Å². The number of carboxylic acids is 2. The number of Topliss-reactive ketones (excluding diaryl/α,β-unsaturated/α-hetero) is 1. The molecule has 2 heterocycles. The van der Waals surface area contributed by atoms with Gasteiger partial charge < -0.3 is 20.2 Å². The first-order valence-electron chi connectivity index (χ1n) is 15.8. The number of carbonyl (C=O) groups is 3. The number of hydrogen-bond donors (Lipinski definition) is 2. The van der Waals surface area contributed by atoms with Crippen LogP contribution in [0.25, 0.3) is 0 Å². The first kappa shape index (κ1) is 31.9. The van der Waals surface area contributed by atoms with Crippen LogP contribution in [0, 0.1) is 0 Å². The molecule has 0 bridgehead atoms. The number of fused-ring (bicyclic) bond motifs is 2. The second-order valence-corrected chi connectivity index (χ2v) is 13.3. The summed E-state index contributed by atoms with van der Waals surface area (Å²) in [5.41, 5.74) is 4.33. The van der Waals surface area contributed by atoms with Crippen LogP contribution in [0.3, 0.4) is 0 Å². The van der Waals surface area contributed by atoms with Crippen LogP contribution in [0.15, 0.2) is 71.2 Å². The van der Waals surface area contributed by atoms with Crippen molar-refractivity contribution in [3.63, 3.8) is 0 Å². The Labute approximate surface area is 264 Å². The third-order valence-electron chi connectivity index (χ3n) is 9.69. The smallest absolute Gasteiger partial charge is 0.335 e. The second kappa shape index (κ2) is 11.8. The van der Waals surface area contributed by atoms with Crippen LogP contribution in [0.2, 0.25) is 0 Å². The third kappa shape index (κ3) is 5.40. The predicted octanol–water partition coefficient (Wildman–Crippen LogP) is 6.25. The Morgan fingerprint density at radius 2 is 1.47 bits per heavy atom. The Morgan fingerprint density at radius 3 is 2.09 bits per heavy atom. The normalized spacial score (nSPS) is 19.8. The monoisotopic (exact) mass is 610 g/mol. The number of rotatable bonds is 11. The molecule has 0 fully saturated rings. The first-order valence-corrected chi connectivity index (χ1v) is 15.8. The Balaban J connectivity index is 1.50. The summed E-state index contributed by atoms with van der Waals surface area (Å²) in [6, 6.07) is 10.1. The molecule has 0 radical (unpaired) electrons. The minimum Gasteiger partial charge on any atom is -0.871 e. The second-order valence-electron chi connectivity index (χ2n) is 13.3. The van der Waals surface area contributed by atoms with Crippen molar-refractivity contribution in [1.82, 2.24) is 0 Å². The van der Waals surface area contributed by atoms with Crippen molar-refractivity contribution >= 4 is 34.8 Å².